The van der Waals surface area contributed by atoms with Crippen LogP contribution in [0.5, 0.6) is 5.75 Å². The molecule has 1 aliphatic heterocycles. The third kappa shape index (κ3) is 3.43. The highest BCUT2D eigenvalue weighted by Crippen LogP contribution is 2.34. The average Bonchev–Trinajstić information content (AvgIpc) is 3.30. The van der Waals surface area contributed by atoms with Crippen molar-refractivity contribution in [3.8, 4) is 23.3 Å². The second kappa shape index (κ2) is 6.73. The zero-order chi connectivity index (χ0) is 21.7. The molecule has 30 heavy (non-hydrogen) atoms. The van der Waals surface area contributed by atoms with Crippen LogP contribution in [0, 0.1) is 18.8 Å². The topological polar surface area (TPSA) is 137 Å². The van der Waals surface area contributed by atoms with Gasteiger partial charge in [-0.1, -0.05) is 17.0 Å². The van der Waals surface area contributed by atoms with E-state index in [4.69, 9.17) is 15.0 Å². The van der Waals surface area contributed by atoms with Crippen LogP contribution in [0.2, 0.25) is 0 Å². The summed E-state index contributed by atoms with van der Waals surface area (Å²) in [6, 6.07) is 8.15. The molecule has 0 saturated heterocycles. The van der Waals surface area contributed by atoms with Crippen molar-refractivity contribution >= 4 is 5.91 Å². The Hall–Kier alpha value is -3.61. The quantitative estimate of drug-likeness (QED) is 0.541. The summed E-state index contributed by atoms with van der Waals surface area (Å²) in [6.45, 7) is 4.78. The van der Waals surface area contributed by atoms with Crippen molar-refractivity contribution < 1.29 is 24.3 Å². The highest BCUT2D eigenvalue weighted by atomic mass is 16.5. The summed E-state index contributed by atoms with van der Waals surface area (Å²) < 4.78 is 12.2. The number of aryl methyl sites for hydroxylation is 1. The standard InChI is InChI=1S/C21H20N4O5/c1-12-8-17(24-30-12)20(2,27)7-6-13-4-5-16-15(9-13)25-18(21(3,28)11-29-16)10-14(23-25)19(22)26/h4-5,8-10,27-28H,11H2,1-3H3,(H2,22,26)/t20-,21-/m1/s1. The van der Waals surface area contributed by atoms with Crippen LogP contribution in [0.1, 0.15) is 47.0 Å². The summed E-state index contributed by atoms with van der Waals surface area (Å²) in [6.07, 6.45) is 0. The van der Waals surface area contributed by atoms with E-state index in [9.17, 15) is 15.0 Å². The summed E-state index contributed by atoms with van der Waals surface area (Å²) in [7, 11) is 0. The SMILES string of the molecule is Cc1cc([C@](C)(O)C#Cc2ccc3c(c2)-n2nc(C(N)=O)cc2[C@](C)(O)CO3)no1. The van der Waals surface area contributed by atoms with Gasteiger partial charge in [-0.15, -0.1) is 0 Å². The summed E-state index contributed by atoms with van der Waals surface area (Å²) in [5.74, 6) is 6.01. The van der Waals surface area contributed by atoms with Crippen LogP contribution in [0.3, 0.4) is 0 Å². The lowest BCUT2D eigenvalue weighted by molar-refractivity contribution is 0.00607. The van der Waals surface area contributed by atoms with E-state index in [2.05, 4.69) is 22.1 Å². The van der Waals surface area contributed by atoms with Crippen LogP contribution in [-0.4, -0.2) is 37.7 Å². The van der Waals surface area contributed by atoms with Gasteiger partial charge in [0, 0.05) is 11.6 Å². The smallest absolute Gasteiger partial charge is 0.269 e. The second-order valence-corrected chi connectivity index (χ2v) is 7.58. The lowest BCUT2D eigenvalue weighted by Crippen LogP contribution is -2.30. The lowest BCUT2D eigenvalue weighted by Gasteiger charge is -2.20. The molecule has 0 bridgehead atoms. The molecule has 2 atom stereocenters. The van der Waals surface area contributed by atoms with Crippen LogP contribution in [0.15, 0.2) is 34.9 Å². The van der Waals surface area contributed by atoms with Gasteiger partial charge in [-0.3, -0.25) is 4.79 Å². The normalized spacial score (nSPS) is 19.4. The molecule has 0 spiro atoms. The molecule has 4 rings (SSSR count). The largest absolute Gasteiger partial charge is 0.488 e. The van der Waals surface area contributed by atoms with E-state index >= 15 is 0 Å². The Morgan fingerprint density at radius 3 is 2.80 bits per heavy atom. The zero-order valence-electron chi connectivity index (χ0n) is 16.6. The van der Waals surface area contributed by atoms with Gasteiger partial charge in [0.15, 0.2) is 11.3 Å². The number of nitrogens with two attached hydrogens (primary N) is 1. The van der Waals surface area contributed by atoms with Crippen molar-refractivity contribution in [1.82, 2.24) is 14.9 Å². The predicted octanol–water partition coefficient (Wildman–Crippen LogP) is 1.13. The van der Waals surface area contributed by atoms with Gasteiger partial charge in [-0.05, 0) is 45.0 Å². The third-order valence-corrected chi connectivity index (χ3v) is 4.79. The Labute approximate surface area is 172 Å². The first-order chi connectivity index (χ1) is 14.1. The molecule has 4 N–H and O–H groups in total. The van der Waals surface area contributed by atoms with Gasteiger partial charge in [-0.2, -0.15) is 5.10 Å². The predicted molar refractivity (Wildman–Crippen MR) is 105 cm³/mol. The number of benzene rings is 1. The van der Waals surface area contributed by atoms with Crippen LogP contribution >= 0.6 is 0 Å². The van der Waals surface area contributed by atoms with E-state index in [1.54, 1.807) is 38.1 Å². The van der Waals surface area contributed by atoms with E-state index in [0.29, 0.717) is 34.1 Å². The summed E-state index contributed by atoms with van der Waals surface area (Å²) in [4.78, 5) is 11.6. The molecule has 0 aliphatic carbocycles. The molecule has 3 heterocycles. The lowest BCUT2D eigenvalue weighted by atomic mass is 10.0. The zero-order valence-corrected chi connectivity index (χ0v) is 16.6. The highest BCUT2D eigenvalue weighted by molar-refractivity contribution is 5.91. The Morgan fingerprint density at radius 1 is 1.37 bits per heavy atom. The molecule has 1 aromatic carbocycles. The number of ether oxygens (including phenoxy) is 1. The molecule has 3 aromatic rings. The molecular formula is C21H20N4O5. The van der Waals surface area contributed by atoms with E-state index in [1.807, 2.05) is 0 Å². The van der Waals surface area contributed by atoms with E-state index in [0.717, 1.165) is 0 Å². The van der Waals surface area contributed by atoms with Gasteiger partial charge in [0.1, 0.15) is 35.1 Å². The maximum Gasteiger partial charge on any atom is 0.269 e. The molecule has 1 amide bonds. The number of carbonyl (C=O) groups is 1. The molecule has 9 heteroatoms. The number of hydrogen-bond donors (Lipinski definition) is 3. The Kier molecular flexibility index (Phi) is 4.42. The minimum atomic E-state index is -1.51. The number of nitrogens with zero attached hydrogens (tertiary/aromatic N) is 3. The number of amides is 1. The van der Waals surface area contributed by atoms with E-state index in [-0.39, 0.29) is 12.3 Å². The van der Waals surface area contributed by atoms with Gasteiger partial charge in [0.2, 0.25) is 0 Å². The van der Waals surface area contributed by atoms with E-state index in [1.165, 1.54) is 17.7 Å². The summed E-state index contributed by atoms with van der Waals surface area (Å²) in [5.41, 5.74) is 4.20. The maximum absolute atomic E-state index is 11.6. The second-order valence-electron chi connectivity index (χ2n) is 7.58. The first kappa shape index (κ1) is 19.7. The van der Waals surface area contributed by atoms with E-state index < -0.39 is 17.1 Å². The van der Waals surface area contributed by atoms with Crippen molar-refractivity contribution in [3.63, 3.8) is 0 Å². The Bertz CT molecular complexity index is 1210. The van der Waals surface area contributed by atoms with Gasteiger partial charge in [0.05, 0.1) is 5.69 Å². The fraction of sp³-hybridized carbons (Fsp3) is 0.286. The third-order valence-electron chi connectivity index (χ3n) is 4.79. The molecule has 154 valence electrons. The van der Waals surface area contributed by atoms with Gasteiger partial charge in [-0.25, -0.2) is 4.68 Å². The van der Waals surface area contributed by atoms with Crippen LogP contribution in [0.25, 0.3) is 5.69 Å². The van der Waals surface area contributed by atoms with Crippen LogP contribution in [0.4, 0.5) is 0 Å². The number of aromatic nitrogens is 3. The van der Waals surface area contributed by atoms with Crippen molar-refractivity contribution in [1.29, 1.82) is 0 Å². The van der Waals surface area contributed by atoms with Crippen molar-refractivity contribution in [2.45, 2.75) is 32.0 Å². The molecule has 1 aliphatic rings. The number of rotatable bonds is 2. The molecule has 2 aromatic heterocycles. The molecule has 0 unspecified atom stereocenters. The summed E-state index contributed by atoms with van der Waals surface area (Å²) in [5, 5.41) is 29.4. The maximum atomic E-state index is 11.6. The first-order valence-corrected chi connectivity index (χ1v) is 9.16. The minimum absolute atomic E-state index is 0.0268. The monoisotopic (exact) mass is 408 g/mol. The first-order valence-electron chi connectivity index (χ1n) is 9.16. The fourth-order valence-corrected chi connectivity index (χ4v) is 3.10. The van der Waals surface area contributed by atoms with Crippen molar-refractivity contribution in [2.75, 3.05) is 6.61 Å². The minimum Gasteiger partial charge on any atom is -0.488 e. The molecule has 0 fully saturated rings. The molecule has 0 saturated carbocycles. The fourth-order valence-electron chi connectivity index (χ4n) is 3.10. The summed E-state index contributed by atoms with van der Waals surface area (Å²) >= 11 is 0. The number of fused-ring (bicyclic) bond motifs is 3. The van der Waals surface area contributed by atoms with Gasteiger partial charge in [0.25, 0.3) is 5.91 Å². The van der Waals surface area contributed by atoms with Crippen molar-refractivity contribution in [3.05, 3.63) is 58.7 Å². The molecular weight excluding hydrogens is 388 g/mol. The van der Waals surface area contributed by atoms with Gasteiger partial charge < -0.3 is 25.2 Å². The molecule has 0 radical (unpaired) electrons. The average molecular weight is 408 g/mol. The van der Waals surface area contributed by atoms with Crippen LogP contribution in [-0.2, 0) is 11.2 Å². The molecule has 9 nitrogen and oxygen atoms in total. The number of carbonyl (C=O) groups excluding carboxylic acids is 1. The van der Waals surface area contributed by atoms with Gasteiger partial charge >= 0.3 is 0 Å². The number of hydrogen-bond acceptors (Lipinski definition) is 7. The Balaban J connectivity index is 1.78. The van der Waals surface area contributed by atoms with Crippen molar-refractivity contribution in [2.24, 2.45) is 5.73 Å². The number of aliphatic hydroxyl groups is 2. The number of primary amides is 1. The Morgan fingerprint density at radius 2 is 2.13 bits per heavy atom. The van der Waals surface area contributed by atoms with Crippen LogP contribution < -0.4 is 10.5 Å². The highest BCUT2D eigenvalue weighted by Gasteiger charge is 2.34.